The summed E-state index contributed by atoms with van der Waals surface area (Å²) < 4.78 is 0. The number of hydrogen-bond acceptors (Lipinski definition) is 4. The number of hydrogen-bond donors (Lipinski definition) is 0. The van der Waals surface area contributed by atoms with Crippen LogP contribution in [0.25, 0.3) is 0 Å². The van der Waals surface area contributed by atoms with Crippen molar-refractivity contribution in [2.24, 2.45) is 5.92 Å². The highest BCUT2D eigenvalue weighted by Gasteiger charge is 2.35. The Morgan fingerprint density at radius 1 is 0.929 bits per heavy atom. The smallest absolute Gasteiger partial charge is 0.269 e. The molecular weight excluding hydrogens is 370 g/mol. The van der Waals surface area contributed by atoms with Gasteiger partial charge in [-0.3, -0.25) is 14.9 Å². The molecule has 0 heterocycles. The summed E-state index contributed by atoms with van der Waals surface area (Å²) in [5, 5.41) is 10.9. The molecule has 3 aromatic carbocycles. The maximum Gasteiger partial charge on any atom is 0.269 e. The predicted molar refractivity (Wildman–Crippen MR) is 111 cm³/mol. The topological polar surface area (TPSA) is 60.2 Å². The monoisotopic (exact) mass is 389 g/mol. The van der Waals surface area contributed by atoms with E-state index >= 15 is 0 Å². The summed E-state index contributed by atoms with van der Waals surface area (Å²) in [6.45, 7) is 0. The third-order valence-corrected chi connectivity index (χ3v) is 6.55. The van der Waals surface area contributed by atoms with Crippen molar-refractivity contribution in [2.75, 3.05) is 0 Å². The number of nitro benzene ring substituents is 1. The van der Waals surface area contributed by atoms with Gasteiger partial charge in [-0.2, -0.15) is 0 Å². The Bertz CT molecular complexity index is 1000. The van der Waals surface area contributed by atoms with E-state index in [2.05, 4.69) is 0 Å². The van der Waals surface area contributed by atoms with E-state index in [0.717, 1.165) is 34.4 Å². The minimum absolute atomic E-state index is 0.0625. The molecule has 0 saturated carbocycles. The number of thioether (sulfide) groups is 1. The summed E-state index contributed by atoms with van der Waals surface area (Å²) in [5.41, 5.74) is 2.92. The van der Waals surface area contributed by atoms with Gasteiger partial charge >= 0.3 is 0 Å². The quantitative estimate of drug-likeness (QED) is 0.311. The molecule has 0 bridgehead atoms. The number of benzene rings is 3. The Balaban J connectivity index is 1.71. The van der Waals surface area contributed by atoms with E-state index in [0.29, 0.717) is 0 Å². The number of ketones is 1. The number of carbonyl (C=O) groups excluding carboxylic acids is 1. The van der Waals surface area contributed by atoms with Gasteiger partial charge < -0.3 is 0 Å². The molecule has 1 aliphatic carbocycles. The first-order valence-electron chi connectivity index (χ1n) is 9.21. The summed E-state index contributed by atoms with van der Waals surface area (Å²) in [5.74, 6) is -0.00445. The number of carbonyl (C=O) groups is 1. The molecule has 2 unspecified atom stereocenters. The Labute approximate surface area is 167 Å². The van der Waals surface area contributed by atoms with Crippen molar-refractivity contribution >= 4 is 23.2 Å². The van der Waals surface area contributed by atoms with Crippen molar-refractivity contribution in [1.29, 1.82) is 0 Å². The first-order valence-corrected chi connectivity index (χ1v) is 10.1. The Morgan fingerprint density at radius 3 is 2.32 bits per heavy atom. The van der Waals surface area contributed by atoms with Gasteiger partial charge in [-0.25, -0.2) is 0 Å². The lowest BCUT2D eigenvalue weighted by molar-refractivity contribution is -0.384. The van der Waals surface area contributed by atoms with Crippen molar-refractivity contribution in [3.8, 4) is 0 Å². The first-order chi connectivity index (χ1) is 13.6. The Hall–Kier alpha value is -2.92. The van der Waals surface area contributed by atoms with E-state index in [4.69, 9.17) is 0 Å². The van der Waals surface area contributed by atoms with Gasteiger partial charge in [0.15, 0.2) is 5.78 Å². The molecule has 5 heteroatoms. The van der Waals surface area contributed by atoms with E-state index in [-0.39, 0.29) is 22.6 Å². The zero-order valence-electron chi connectivity index (χ0n) is 15.2. The molecular formula is C23H19NO3S. The molecule has 28 heavy (non-hydrogen) atoms. The number of aryl methyl sites for hydroxylation is 1. The standard InChI is InChI=1S/C23H19NO3S/c25-22-20-9-5-4-6-16(20)12-15-21(22)23(28-19-7-2-1-3-8-19)17-10-13-18(14-11-17)24(26)27/h1-11,13-14,21,23H,12,15H2. The molecule has 0 saturated heterocycles. The van der Waals surface area contributed by atoms with E-state index < -0.39 is 4.92 Å². The predicted octanol–water partition coefficient (Wildman–Crippen LogP) is 5.87. The molecule has 0 amide bonds. The van der Waals surface area contributed by atoms with Gasteiger partial charge in [0.1, 0.15) is 0 Å². The second kappa shape index (κ2) is 7.98. The lowest BCUT2D eigenvalue weighted by Crippen LogP contribution is -2.27. The van der Waals surface area contributed by atoms with Crippen LogP contribution < -0.4 is 0 Å². The summed E-state index contributed by atoms with van der Waals surface area (Å²) in [6.07, 6.45) is 1.64. The van der Waals surface area contributed by atoms with E-state index in [1.165, 1.54) is 12.1 Å². The number of non-ortho nitro benzene ring substituents is 1. The molecule has 4 nitrogen and oxygen atoms in total. The van der Waals surface area contributed by atoms with E-state index in [1.54, 1.807) is 23.9 Å². The van der Waals surface area contributed by atoms with Gasteiger partial charge in [-0.05, 0) is 36.1 Å². The number of nitrogens with zero attached hydrogens (tertiary/aromatic N) is 1. The fourth-order valence-electron chi connectivity index (χ4n) is 3.72. The number of fused-ring (bicyclic) bond motifs is 1. The van der Waals surface area contributed by atoms with Gasteiger partial charge in [0.25, 0.3) is 5.69 Å². The lowest BCUT2D eigenvalue weighted by atomic mass is 9.79. The molecule has 2 atom stereocenters. The fourth-order valence-corrected chi connectivity index (χ4v) is 5.05. The molecule has 0 fully saturated rings. The lowest BCUT2D eigenvalue weighted by Gasteiger charge is -2.30. The van der Waals surface area contributed by atoms with Crippen LogP contribution in [-0.2, 0) is 6.42 Å². The summed E-state index contributed by atoms with van der Waals surface area (Å²) in [7, 11) is 0. The maximum atomic E-state index is 13.3. The summed E-state index contributed by atoms with van der Waals surface area (Å²) in [6, 6.07) is 24.4. The average Bonchev–Trinajstić information content (AvgIpc) is 2.74. The van der Waals surface area contributed by atoms with Crippen molar-refractivity contribution in [1.82, 2.24) is 0 Å². The van der Waals surface area contributed by atoms with E-state index in [1.807, 2.05) is 54.6 Å². The molecule has 0 aromatic heterocycles. The van der Waals surface area contributed by atoms with Gasteiger partial charge in [0, 0.05) is 33.8 Å². The van der Waals surface area contributed by atoms with E-state index in [9.17, 15) is 14.9 Å². The van der Waals surface area contributed by atoms with Crippen LogP contribution >= 0.6 is 11.8 Å². The van der Waals surface area contributed by atoms with Crippen LogP contribution in [0.4, 0.5) is 5.69 Å². The molecule has 0 N–H and O–H groups in total. The third-order valence-electron chi connectivity index (χ3n) is 5.15. The largest absolute Gasteiger partial charge is 0.294 e. The van der Waals surface area contributed by atoms with Crippen LogP contribution in [0.1, 0.15) is 33.2 Å². The highest BCUT2D eigenvalue weighted by molar-refractivity contribution is 7.99. The van der Waals surface area contributed by atoms with Gasteiger partial charge in [0.2, 0.25) is 0 Å². The number of rotatable bonds is 5. The minimum Gasteiger partial charge on any atom is -0.294 e. The van der Waals surface area contributed by atoms with Crippen LogP contribution in [0.3, 0.4) is 0 Å². The Kier molecular flexibility index (Phi) is 5.26. The zero-order chi connectivity index (χ0) is 19.5. The number of Topliss-reactive ketones (excluding diaryl/α,β-unsaturated/α-hetero) is 1. The summed E-state index contributed by atoms with van der Waals surface area (Å²) in [4.78, 5) is 25.0. The van der Waals surface area contributed by atoms with Gasteiger partial charge in [-0.15, -0.1) is 11.8 Å². The van der Waals surface area contributed by atoms with Crippen LogP contribution in [0, 0.1) is 16.0 Å². The second-order valence-electron chi connectivity index (χ2n) is 6.87. The molecule has 4 rings (SSSR count). The van der Waals surface area contributed by atoms with Crippen molar-refractivity contribution in [3.63, 3.8) is 0 Å². The van der Waals surface area contributed by atoms with Crippen LogP contribution in [-0.4, -0.2) is 10.7 Å². The molecule has 140 valence electrons. The molecule has 0 aliphatic heterocycles. The number of nitro groups is 1. The normalized spacial score (nSPS) is 17.0. The first kappa shape index (κ1) is 18.4. The average molecular weight is 389 g/mol. The molecule has 3 aromatic rings. The van der Waals surface area contributed by atoms with Crippen LogP contribution in [0.15, 0.2) is 83.8 Å². The van der Waals surface area contributed by atoms with Crippen molar-refractivity contribution in [2.45, 2.75) is 23.0 Å². The fraction of sp³-hybridized carbons (Fsp3) is 0.174. The minimum atomic E-state index is -0.398. The third kappa shape index (κ3) is 3.71. The molecule has 1 aliphatic rings. The molecule has 0 spiro atoms. The highest BCUT2D eigenvalue weighted by Crippen LogP contribution is 2.45. The van der Waals surface area contributed by atoms with Crippen molar-refractivity contribution in [3.05, 3.63) is 106 Å². The van der Waals surface area contributed by atoms with Crippen LogP contribution in [0.5, 0.6) is 0 Å². The maximum absolute atomic E-state index is 13.3. The molecule has 0 radical (unpaired) electrons. The van der Waals surface area contributed by atoms with Gasteiger partial charge in [0.05, 0.1) is 4.92 Å². The summed E-state index contributed by atoms with van der Waals surface area (Å²) >= 11 is 1.65. The SMILES string of the molecule is O=C1c2ccccc2CCC1C(Sc1ccccc1)c1ccc([N+](=O)[O-])cc1. The zero-order valence-corrected chi connectivity index (χ0v) is 16.0. The van der Waals surface area contributed by atoms with Gasteiger partial charge in [-0.1, -0.05) is 54.6 Å². The van der Waals surface area contributed by atoms with Crippen molar-refractivity contribution < 1.29 is 9.72 Å². The second-order valence-corrected chi connectivity index (χ2v) is 8.08. The highest BCUT2D eigenvalue weighted by atomic mass is 32.2. The Morgan fingerprint density at radius 2 is 1.61 bits per heavy atom. The van der Waals surface area contributed by atoms with Crippen LogP contribution in [0.2, 0.25) is 0 Å².